The van der Waals surface area contributed by atoms with Gasteiger partial charge < -0.3 is 15.0 Å². The predicted molar refractivity (Wildman–Crippen MR) is 71.6 cm³/mol. The van der Waals surface area contributed by atoms with Crippen molar-refractivity contribution in [2.45, 2.75) is 58.0 Å². The maximum Gasteiger partial charge on any atom is 0.409 e. The smallest absolute Gasteiger partial charge is 0.409 e. The minimum Gasteiger partial charge on any atom is -0.450 e. The molecule has 0 aromatic carbocycles. The number of rotatable bonds is 5. The fourth-order valence-electron chi connectivity index (χ4n) is 2.77. The van der Waals surface area contributed by atoms with Crippen molar-refractivity contribution < 1.29 is 9.53 Å². The third-order valence-electron chi connectivity index (χ3n) is 3.92. The van der Waals surface area contributed by atoms with E-state index in [2.05, 4.69) is 12.2 Å². The van der Waals surface area contributed by atoms with Crippen LogP contribution in [0.15, 0.2) is 0 Å². The van der Waals surface area contributed by atoms with Gasteiger partial charge in [0.25, 0.3) is 0 Å². The maximum absolute atomic E-state index is 11.6. The van der Waals surface area contributed by atoms with E-state index >= 15 is 0 Å². The number of ether oxygens (including phenoxy) is 1. The van der Waals surface area contributed by atoms with Crippen molar-refractivity contribution in [1.29, 1.82) is 0 Å². The van der Waals surface area contributed by atoms with Crippen LogP contribution in [0.4, 0.5) is 4.79 Å². The lowest BCUT2D eigenvalue weighted by molar-refractivity contribution is 0.0942. The Labute approximate surface area is 110 Å². The molecule has 4 nitrogen and oxygen atoms in total. The van der Waals surface area contributed by atoms with Gasteiger partial charge in [0.05, 0.1) is 6.61 Å². The van der Waals surface area contributed by atoms with Gasteiger partial charge in [-0.25, -0.2) is 4.79 Å². The Hall–Kier alpha value is -0.770. The number of carbonyl (C=O) groups is 1. The Bertz CT molecular complexity index is 271. The van der Waals surface area contributed by atoms with Gasteiger partial charge in [0.1, 0.15) is 0 Å². The van der Waals surface area contributed by atoms with Gasteiger partial charge in [-0.1, -0.05) is 12.8 Å². The second kappa shape index (κ2) is 6.41. The van der Waals surface area contributed by atoms with Gasteiger partial charge in [0, 0.05) is 25.2 Å². The van der Waals surface area contributed by atoms with Crippen molar-refractivity contribution in [3.63, 3.8) is 0 Å². The van der Waals surface area contributed by atoms with E-state index in [1.807, 2.05) is 11.8 Å². The Morgan fingerprint density at radius 3 is 2.56 bits per heavy atom. The topological polar surface area (TPSA) is 41.6 Å². The van der Waals surface area contributed by atoms with Crippen LogP contribution in [-0.4, -0.2) is 42.8 Å². The SMILES string of the molecule is CCOC(=O)N1CCC(NC(C)CC2CC2)CC1. The van der Waals surface area contributed by atoms with Gasteiger partial charge in [-0.2, -0.15) is 0 Å². The minimum absolute atomic E-state index is 0.151. The largest absolute Gasteiger partial charge is 0.450 e. The monoisotopic (exact) mass is 254 g/mol. The van der Waals surface area contributed by atoms with Gasteiger partial charge >= 0.3 is 6.09 Å². The van der Waals surface area contributed by atoms with Gasteiger partial charge in [-0.3, -0.25) is 0 Å². The molecule has 1 amide bonds. The molecule has 18 heavy (non-hydrogen) atoms. The average Bonchev–Trinajstić information content (AvgIpc) is 3.14. The number of carbonyl (C=O) groups excluding carboxylic acids is 1. The summed E-state index contributed by atoms with van der Waals surface area (Å²) in [7, 11) is 0. The van der Waals surface area contributed by atoms with E-state index in [1.165, 1.54) is 19.3 Å². The first-order valence-electron chi connectivity index (χ1n) is 7.36. The third-order valence-corrected chi connectivity index (χ3v) is 3.92. The summed E-state index contributed by atoms with van der Waals surface area (Å²) in [5, 5.41) is 3.70. The molecule has 0 spiro atoms. The Kier molecular flexibility index (Phi) is 4.87. The molecule has 1 heterocycles. The normalized spacial score (nSPS) is 22.9. The van der Waals surface area contributed by atoms with Crippen molar-refractivity contribution in [1.82, 2.24) is 10.2 Å². The predicted octanol–water partition coefficient (Wildman–Crippen LogP) is 2.39. The molecule has 2 fully saturated rings. The molecule has 2 aliphatic rings. The first-order chi connectivity index (χ1) is 8.69. The molecule has 1 atom stereocenters. The van der Waals surface area contributed by atoms with Crippen molar-refractivity contribution in [3.05, 3.63) is 0 Å². The number of piperidine rings is 1. The third kappa shape index (κ3) is 4.16. The molecule has 1 saturated heterocycles. The Morgan fingerprint density at radius 1 is 1.33 bits per heavy atom. The Balaban J connectivity index is 1.64. The molecule has 0 radical (unpaired) electrons. The van der Waals surface area contributed by atoms with E-state index in [0.29, 0.717) is 18.7 Å². The summed E-state index contributed by atoms with van der Waals surface area (Å²) in [4.78, 5) is 13.4. The highest BCUT2D eigenvalue weighted by molar-refractivity contribution is 5.67. The zero-order chi connectivity index (χ0) is 13.0. The fraction of sp³-hybridized carbons (Fsp3) is 0.929. The number of hydrogen-bond donors (Lipinski definition) is 1. The van der Waals surface area contributed by atoms with Crippen LogP contribution < -0.4 is 5.32 Å². The van der Waals surface area contributed by atoms with Crippen molar-refractivity contribution >= 4 is 6.09 Å². The minimum atomic E-state index is -0.151. The maximum atomic E-state index is 11.6. The summed E-state index contributed by atoms with van der Waals surface area (Å²) in [6.45, 7) is 6.26. The van der Waals surface area contributed by atoms with Gasteiger partial charge in [0.2, 0.25) is 0 Å². The van der Waals surface area contributed by atoms with E-state index in [9.17, 15) is 4.79 Å². The first kappa shape index (κ1) is 13.7. The van der Waals surface area contributed by atoms with E-state index in [0.717, 1.165) is 31.8 Å². The number of amides is 1. The van der Waals surface area contributed by atoms with Crippen LogP contribution in [0.1, 0.15) is 46.0 Å². The lowest BCUT2D eigenvalue weighted by Crippen LogP contribution is -2.47. The molecule has 0 aromatic rings. The summed E-state index contributed by atoms with van der Waals surface area (Å²) in [6.07, 6.45) is 6.11. The summed E-state index contributed by atoms with van der Waals surface area (Å²) < 4.78 is 5.03. The molecular weight excluding hydrogens is 228 g/mol. The summed E-state index contributed by atoms with van der Waals surface area (Å²) >= 11 is 0. The highest BCUT2D eigenvalue weighted by Gasteiger charge is 2.27. The van der Waals surface area contributed by atoms with Crippen molar-refractivity contribution in [2.24, 2.45) is 5.92 Å². The van der Waals surface area contributed by atoms with Gasteiger partial charge in [-0.05, 0) is 39.0 Å². The van der Waals surface area contributed by atoms with Crippen LogP contribution in [-0.2, 0) is 4.74 Å². The molecule has 0 aromatic heterocycles. The molecule has 1 unspecified atom stereocenters. The molecule has 1 aliphatic heterocycles. The van der Waals surface area contributed by atoms with E-state index in [4.69, 9.17) is 4.74 Å². The van der Waals surface area contributed by atoms with E-state index in [-0.39, 0.29) is 6.09 Å². The zero-order valence-electron chi connectivity index (χ0n) is 11.7. The zero-order valence-corrected chi connectivity index (χ0v) is 11.7. The second-order valence-electron chi connectivity index (χ2n) is 5.71. The summed E-state index contributed by atoms with van der Waals surface area (Å²) in [5.74, 6) is 0.979. The van der Waals surface area contributed by atoms with Crippen LogP contribution in [0, 0.1) is 5.92 Å². The fourth-order valence-corrected chi connectivity index (χ4v) is 2.77. The van der Waals surface area contributed by atoms with Gasteiger partial charge in [-0.15, -0.1) is 0 Å². The van der Waals surface area contributed by atoms with Crippen LogP contribution in [0.2, 0.25) is 0 Å². The molecule has 0 bridgehead atoms. The van der Waals surface area contributed by atoms with Crippen LogP contribution in [0.25, 0.3) is 0 Å². The number of likely N-dealkylation sites (tertiary alicyclic amines) is 1. The standard InChI is InChI=1S/C14H26N2O2/c1-3-18-14(17)16-8-6-13(7-9-16)15-11(2)10-12-4-5-12/h11-13,15H,3-10H2,1-2H3. The molecular formula is C14H26N2O2. The lowest BCUT2D eigenvalue weighted by atomic mass is 10.0. The first-order valence-corrected chi connectivity index (χ1v) is 7.36. The Morgan fingerprint density at radius 2 is 2.00 bits per heavy atom. The highest BCUT2D eigenvalue weighted by Crippen LogP contribution is 2.33. The molecule has 1 N–H and O–H groups in total. The van der Waals surface area contributed by atoms with Crippen LogP contribution in [0.5, 0.6) is 0 Å². The molecule has 1 aliphatic carbocycles. The lowest BCUT2D eigenvalue weighted by Gasteiger charge is -2.33. The molecule has 1 saturated carbocycles. The van der Waals surface area contributed by atoms with E-state index < -0.39 is 0 Å². The summed E-state index contributed by atoms with van der Waals surface area (Å²) in [5.41, 5.74) is 0. The van der Waals surface area contributed by atoms with Crippen LogP contribution >= 0.6 is 0 Å². The number of nitrogens with zero attached hydrogens (tertiary/aromatic N) is 1. The van der Waals surface area contributed by atoms with Crippen LogP contribution in [0.3, 0.4) is 0 Å². The average molecular weight is 254 g/mol. The molecule has 4 heteroatoms. The highest BCUT2D eigenvalue weighted by atomic mass is 16.6. The van der Waals surface area contributed by atoms with E-state index in [1.54, 1.807) is 0 Å². The number of hydrogen-bond acceptors (Lipinski definition) is 3. The van der Waals surface area contributed by atoms with Crippen molar-refractivity contribution in [2.75, 3.05) is 19.7 Å². The molecule has 104 valence electrons. The number of nitrogens with one attached hydrogen (secondary N) is 1. The molecule has 2 rings (SSSR count). The second-order valence-corrected chi connectivity index (χ2v) is 5.71. The quantitative estimate of drug-likeness (QED) is 0.819. The summed E-state index contributed by atoms with van der Waals surface area (Å²) in [6, 6.07) is 1.20. The van der Waals surface area contributed by atoms with Gasteiger partial charge in [0.15, 0.2) is 0 Å². The van der Waals surface area contributed by atoms with Crippen molar-refractivity contribution in [3.8, 4) is 0 Å².